The quantitative estimate of drug-likeness (QED) is 0.346. The second-order valence-electron chi connectivity index (χ2n) is 2.57. The fraction of sp³-hybridized carbons (Fsp3) is 0.125. The molecular weight excluding hydrogens is 314 g/mol. The largest absolute Gasteiger partial charge is 0.409 e. The van der Waals surface area contributed by atoms with E-state index in [2.05, 4.69) is 42.3 Å². The molecule has 4 N–H and O–H groups in total. The molecular formula is C8H9Br2N3O. The van der Waals surface area contributed by atoms with Crippen LogP contribution in [0.5, 0.6) is 0 Å². The van der Waals surface area contributed by atoms with Crippen LogP contribution in [0.2, 0.25) is 0 Å². The van der Waals surface area contributed by atoms with Crippen LogP contribution in [0.15, 0.2) is 32.3 Å². The van der Waals surface area contributed by atoms with Gasteiger partial charge in [-0.1, -0.05) is 21.1 Å². The standard InChI is InChI=1S/C8H9Br2N3O/c9-5-1-2-7(6(10)3-5)12-4-8(11)13-14/h1-3,12,14H,4H2,(H2,11,13). The van der Waals surface area contributed by atoms with Crippen LogP contribution in [0.4, 0.5) is 5.69 Å². The van der Waals surface area contributed by atoms with Crippen LogP contribution in [-0.2, 0) is 0 Å². The molecule has 0 aliphatic heterocycles. The van der Waals surface area contributed by atoms with Crippen molar-refractivity contribution in [1.82, 2.24) is 0 Å². The van der Waals surface area contributed by atoms with Gasteiger partial charge in [-0.2, -0.15) is 0 Å². The van der Waals surface area contributed by atoms with Crippen molar-refractivity contribution < 1.29 is 5.21 Å². The molecule has 1 aromatic rings. The lowest BCUT2D eigenvalue weighted by atomic mass is 10.3. The number of halogens is 2. The van der Waals surface area contributed by atoms with Gasteiger partial charge in [-0.25, -0.2) is 0 Å². The van der Waals surface area contributed by atoms with Crippen LogP contribution in [0, 0.1) is 0 Å². The minimum absolute atomic E-state index is 0.139. The first-order chi connectivity index (χ1) is 6.63. The zero-order valence-electron chi connectivity index (χ0n) is 7.17. The Hall–Kier alpha value is -0.750. The minimum atomic E-state index is 0.139. The predicted molar refractivity (Wildman–Crippen MR) is 63.7 cm³/mol. The zero-order chi connectivity index (χ0) is 10.6. The molecule has 0 radical (unpaired) electrons. The van der Waals surface area contributed by atoms with Gasteiger partial charge in [0.2, 0.25) is 0 Å². The number of anilines is 1. The van der Waals surface area contributed by atoms with Crippen LogP contribution in [0.25, 0.3) is 0 Å². The molecule has 14 heavy (non-hydrogen) atoms. The summed E-state index contributed by atoms with van der Waals surface area (Å²) >= 11 is 6.73. The molecule has 0 aliphatic carbocycles. The van der Waals surface area contributed by atoms with E-state index < -0.39 is 0 Å². The minimum Gasteiger partial charge on any atom is -0.409 e. The second-order valence-corrected chi connectivity index (χ2v) is 4.34. The highest BCUT2D eigenvalue weighted by Crippen LogP contribution is 2.25. The van der Waals surface area contributed by atoms with Crippen LogP contribution in [0.3, 0.4) is 0 Å². The summed E-state index contributed by atoms with van der Waals surface area (Å²) in [4.78, 5) is 0. The summed E-state index contributed by atoms with van der Waals surface area (Å²) in [6, 6.07) is 5.70. The molecule has 0 unspecified atom stereocenters. The average molecular weight is 323 g/mol. The highest BCUT2D eigenvalue weighted by molar-refractivity contribution is 9.11. The SMILES string of the molecule is NC(CNc1ccc(Br)cc1Br)=NO. The van der Waals surface area contributed by atoms with E-state index in [1.165, 1.54) is 0 Å². The van der Waals surface area contributed by atoms with Crippen LogP contribution in [0.1, 0.15) is 0 Å². The topological polar surface area (TPSA) is 70.6 Å². The van der Waals surface area contributed by atoms with Gasteiger partial charge in [0.25, 0.3) is 0 Å². The third kappa shape index (κ3) is 3.19. The third-order valence-corrected chi connectivity index (χ3v) is 2.67. The number of hydrogen-bond donors (Lipinski definition) is 3. The monoisotopic (exact) mass is 321 g/mol. The van der Waals surface area contributed by atoms with E-state index in [0.29, 0.717) is 6.54 Å². The Bertz CT molecular complexity index is 354. The number of amidine groups is 1. The zero-order valence-corrected chi connectivity index (χ0v) is 10.3. The number of benzene rings is 1. The summed E-state index contributed by atoms with van der Waals surface area (Å²) in [5, 5.41) is 14.2. The molecule has 1 aromatic carbocycles. The number of rotatable bonds is 3. The first-order valence-corrected chi connectivity index (χ1v) is 5.37. The Kier molecular flexibility index (Phi) is 4.21. The first kappa shape index (κ1) is 11.3. The normalized spacial score (nSPS) is 11.4. The van der Waals surface area contributed by atoms with Gasteiger partial charge in [0.15, 0.2) is 5.84 Å². The molecule has 0 saturated heterocycles. The molecule has 1 rings (SSSR count). The summed E-state index contributed by atoms with van der Waals surface area (Å²) in [7, 11) is 0. The summed E-state index contributed by atoms with van der Waals surface area (Å²) < 4.78 is 1.90. The van der Waals surface area contributed by atoms with Crippen molar-refractivity contribution in [2.75, 3.05) is 11.9 Å². The summed E-state index contributed by atoms with van der Waals surface area (Å²) in [6.45, 7) is 0.302. The summed E-state index contributed by atoms with van der Waals surface area (Å²) in [6.07, 6.45) is 0. The molecule has 0 aliphatic rings. The fourth-order valence-corrected chi connectivity index (χ4v) is 2.04. The van der Waals surface area contributed by atoms with Gasteiger partial charge in [0, 0.05) is 14.6 Å². The van der Waals surface area contributed by atoms with Gasteiger partial charge in [0.05, 0.1) is 6.54 Å². The highest BCUT2D eigenvalue weighted by Gasteiger charge is 2.00. The van der Waals surface area contributed by atoms with Crippen LogP contribution < -0.4 is 11.1 Å². The molecule has 0 aromatic heterocycles. The molecule has 0 saturated carbocycles. The third-order valence-electron chi connectivity index (χ3n) is 1.52. The number of nitrogens with one attached hydrogen (secondary N) is 1. The molecule has 76 valence electrons. The van der Waals surface area contributed by atoms with Gasteiger partial charge < -0.3 is 16.3 Å². The van der Waals surface area contributed by atoms with Gasteiger partial charge in [-0.15, -0.1) is 0 Å². The molecule has 0 fully saturated rings. The summed E-state index contributed by atoms with van der Waals surface area (Å²) in [5.41, 5.74) is 6.20. The van der Waals surface area contributed by atoms with E-state index in [1.807, 2.05) is 18.2 Å². The second kappa shape index (κ2) is 5.21. The maximum absolute atomic E-state index is 8.33. The lowest BCUT2D eigenvalue weighted by molar-refractivity contribution is 0.317. The van der Waals surface area contributed by atoms with Gasteiger partial charge >= 0.3 is 0 Å². The van der Waals surface area contributed by atoms with Crippen molar-refractivity contribution in [3.05, 3.63) is 27.1 Å². The Labute approximate surface area is 98.4 Å². The number of nitrogens with zero attached hydrogens (tertiary/aromatic N) is 1. The summed E-state index contributed by atoms with van der Waals surface area (Å²) in [5.74, 6) is 0.139. The first-order valence-electron chi connectivity index (χ1n) is 3.79. The fourth-order valence-electron chi connectivity index (χ4n) is 0.854. The van der Waals surface area contributed by atoms with E-state index >= 15 is 0 Å². The highest BCUT2D eigenvalue weighted by atomic mass is 79.9. The lowest BCUT2D eigenvalue weighted by Crippen LogP contribution is -2.22. The lowest BCUT2D eigenvalue weighted by Gasteiger charge is -2.07. The molecule has 6 heteroatoms. The molecule has 0 heterocycles. The molecule has 0 atom stereocenters. The van der Waals surface area contributed by atoms with Gasteiger partial charge in [0.1, 0.15) is 0 Å². The molecule has 0 bridgehead atoms. The molecule has 4 nitrogen and oxygen atoms in total. The smallest absolute Gasteiger partial charge is 0.158 e. The Morgan fingerprint density at radius 1 is 1.50 bits per heavy atom. The Balaban J connectivity index is 2.68. The van der Waals surface area contributed by atoms with Crippen molar-refractivity contribution in [3.63, 3.8) is 0 Å². The molecule has 0 spiro atoms. The van der Waals surface area contributed by atoms with Crippen molar-refractivity contribution in [2.45, 2.75) is 0 Å². The van der Waals surface area contributed by atoms with E-state index in [-0.39, 0.29) is 5.84 Å². The Morgan fingerprint density at radius 2 is 2.21 bits per heavy atom. The predicted octanol–water partition coefficient (Wildman–Crippen LogP) is 2.37. The maximum atomic E-state index is 8.33. The van der Waals surface area contributed by atoms with Crippen LogP contribution in [-0.4, -0.2) is 17.6 Å². The average Bonchev–Trinajstić information content (AvgIpc) is 2.16. The number of hydrogen-bond acceptors (Lipinski definition) is 3. The van der Waals surface area contributed by atoms with Crippen molar-refractivity contribution >= 4 is 43.4 Å². The number of nitrogens with two attached hydrogens (primary N) is 1. The maximum Gasteiger partial charge on any atom is 0.158 e. The van der Waals surface area contributed by atoms with Crippen LogP contribution >= 0.6 is 31.9 Å². The van der Waals surface area contributed by atoms with E-state index in [1.54, 1.807) is 0 Å². The van der Waals surface area contributed by atoms with E-state index in [9.17, 15) is 0 Å². The van der Waals surface area contributed by atoms with E-state index in [0.717, 1.165) is 14.6 Å². The molecule has 0 amide bonds. The Morgan fingerprint density at radius 3 is 2.79 bits per heavy atom. The number of oxime groups is 1. The van der Waals surface area contributed by atoms with Crippen molar-refractivity contribution in [1.29, 1.82) is 0 Å². The van der Waals surface area contributed by atoms with Crippen molar-refractivity contribution in [2.24, 2.45) is 10.9 Å². The van der Waals surface area contributed by atoms with E-state index in [4.69, 9.17) is 10.9 Å². The van der Waals surface area contributed by atoms with Gasteiger partial charge in [-0.05, 0) is 34.1 Å². The van der Waals surface area contributed by atoms with Crippen molar-refractivity contribution in [3.8, 4) is 0 Å². The van der Waals surface area contributed by atoms with Gasteiger partial charge in [-0.3, -0.25) is 0 Å².